The van der Waals surface area contributed by atoms with Crippen molar-refractivity contribution in [2.75, 3.05) is 13.1 Å². The number of hydrogen-bond donors (Lipinski definition) is 2. The fourth-order valence-corrected chi connectivity index (χ4v) is 3.18. The second-order valence-electron chi connectivity index (χ2n) is 5.77. The molecule has 0 aliphatic heterocycles. The van der Waals surface area contributed by atoms with Gasteiger partial charge in [-0.1, -0.05) is 19.8 Å². The highest BCUT2D eigenvalue weighted by Crippen LogP contribution is 2.28. The summed E-state index contributed by atoms with van der Waals surface area (Å²) >= 11 is 0. The van der Waals surface area contributed by atoms with Crippen molar-refractivity contribution in [1.82, 2.24) is 10.2 Å². The van der Waals surface area contributed by atoms with Crippen LogP contribution in [0.25, 0.3) is 0 Å². The van der Waals surface area contributed by atoms with Gasteiger partial charge in [-0.05, 0) is 32.2 Å². The minimum atomic E-state index is -0.778. The molecule has 2 fully saturated rings. The Morgan fingerprint density at radius 3 is 2.42 bits per heavy atom. The van der Waals surface area contributed by atoms with Crippen LogP contribution in [-0.2, 0) is 9.59 Å². The van der Waals surface area contributed by atoms with Crippen LogP contribution in [0.5, 0.6) is 0 Å². The zero-order valence-electron chi connectivity index (χ0n) is 11.6. The van der Waals surface area contributed by atoms with E-state index in [1.54, 1.807) is 0 Å². The van der Waals surface area contributed by atoms with E-state index in [2.05, 4.69) is 5.32 Å². The quantitative estimate of drug-likeness (QED) is 0.760. The van der Waals surface area contributed by atoms with E-state index in [1.807, 2.05) is 11.8 Å². The Hall–Kier alpha value is -1.10. The van der Waals surface area contributed by atoms with Crippen molar-refractivity contribution in [2.24, 2.45) is 5.92 Å². The predicted octanol–water partition coefficient (Wildman–Crippen LogP) is 1.23. The van der Waals surface area contributed by atoms with Crippen LogP contribution >= 0.6 is 0 Å². The van der Waals surface area contributed by atoms with Gasteiger partial charge in [-0.2, -0.15) is 0 Å². The third-order valence-corrected chi connectivity index (χ3v) is 4.45. The second-order valence-corrected chi connectivity index (χ2v) is 5.77. The summed E-state index contributed by atoms with van der Waals surface area (Å²) in [5, 5.41) is 11.9. The first-order valence-corrected chi connectivity index (χ1v) is 7.36. The maximum atomic E-state index is 12.0. The number of carboxylic acid groups (broad SMARTS) is 1. The summed E-state index contributed by atoms with van der Waals surface area (Å²) in [6, 6.07) is 0.566. The Morgan fingerprint density at radius 1 is 1.26 bits per heavy atom. The Bertz CT molecular complexity index is 334. The largest absolute Gasteiger partial charge is 0.480 e. The summed E-state index contributed by atoms with van der Waals surface area (Å²) in [6.07, 6.45) is 6.19. The summed E-state index contributed by atoms with van der Waals surface area (Å²) in [6.45, 7) is 2.83. The number of nitrogens with one attached hydrogen (secondary N) is 1. The van der Waals surface area contributed by atoms with Crippen molar-refractivity contribution in [3.8, 4) is 0 Å². The molecular formula is C14H24N2O3. The number of aliphatic carboxylic acids is 1. The van der Waals surface area contributed by atoms with Crippen LogP contribution in [0.15, 0.2) is 0 Å². The van der Waals surface area contributed by atoms with Gasteiger partial charge in [0, 0.05) is 18.0 Å². The molecule has 0 bridgehead atoms. The molecule has 0 heterocycles. The van der Waals surface area contributed by atoms with Crippen LogP contribution in [0.2, 0.25) is 0 Å². The van der Waals surface area contributed by atoms with Crippen molar-refractivity contribution in [1.29, 1.82) is 0 Å². The first-order valence-electron chi connectivity index (χ1n) is 7.36. The molecule has 0 unspecified atom stereocenters. The summed E-state index contributed by atoms with van der Waals surface area (Å²) in [4.78, 5) is 24.7. The number of nitrogens with zero attached hydrogens (tertiary/aromatic N) is 1. The first-order chi connectivity index (χ1) is 9.10. The summed E-state index contributed by atoms with van der Waals surface area (Å²) in [7, 11) is 0. The number of hydrogen-bond acceptors (Lipinski definition) is 3. The molecular weight excluding hydrogens is 244 g/mol. The third kappa shape index (κ3) is 3.69. The fourth-order valence-electron chi connectivity index (χ4n) is 3.18. The predicted molar refractivity (Wildman–Crippen MR) is 71.8 cm³/mol. The highest BCUT2D eigenvalue weighted by Gasteiger charge is 2.35. The van der Waals surface area contributed by atoms with Crippen molar-refractivity contribution in [2.45, 2.75) is 57.5 Å². The molecule has 0 aromatic carbocycles. The zero-order chi connectivity index (χ0) is 13.8. The van der Waals surface area contributed by atoms with E-state index >= 15 is 0 Å². The van der Waals surface area contributed by atoms with E-state index < -0.39 is 5.97 Å². The van der Waals surface area contributed by atoms with Crippen molar-refractivity contribution in [3.05, 3.63) is 0 Å². The van der Waals surface area contributed by atoms with Crippen LogP contribution in [0.1, 0.15) is 45.4 Å². The van der Waals surface area contributed by atoms with Gasteiger partial charge in [0.05, 0.1) is 6.54 Å². The van der Waals surface area contributed by atoms with Gasteiger partial charge in [-0.15, -0.1) is 0 Å². The zero-order valence-corrected chi connectivity index (χ0v) is 11.6. The van der Waals surface area contributed by atoms with E-state index in [0.717, 1.165) is 32.2 Å². The van der Waals surface area contributed by atoms with Gasteiger partial charge in [-0.25, -0.2) is 0 Å². The van der Waals surface area contributed by atoms with E-state index in [0.29, 0.717) is 6.04 Å². The van der Waals surface area contributed by atoms with Crippen LogP contribution in [0.3, 0.4) is 0 Å². The third-order valence-electron chi connectivity index (χ3n) is 4.45. The monoisotopic (exact) mass is 268 g/mol. The van der Waals surface area contributed by atoms with E-state index in [4.69, 9.17) is 5.11 Å². The Balaban J connectivity index is 1.70. The van der Waals surface area contributed by atoms with E-state index in [9.17, 15) is 9.59 Å². The lowest BCUT2D eigenvalue weighted by molar-refractivity contribution is -0.140. The topological polar surface area (TPSA) is 69.6 Å². The lowest BCUT2D eigenvalue weighted by Crippen LogP contribution is -2.55. The highest BCUT2D eigenvalue weighted by molar-refractivity contribution is 5.79. The molecule has 0 spiro atoms. The van der Waals surface area contributed by atoms with Crippen molar-refractivity contribution >= 4 is 11.9 Å². The molecule has 2 aliphatic carbocycles. The van der Waals surface area contributed by atoms with Gasteiger partial charge < -0.3 is 10.4 Å². The molecule has 5 nitrogen and oxygen atoms in total. The van der Waals surface area contributed by atoms with Gasteiger partial charge in [0.2, 0.25) is 5.91 Å². The first kappa shape index (κ1) is 14.3. The standard InChI is InChI=1S/C14H24N2O3/c1-2-16(9-13(17)18)12-7-11(8-12)15-14(19)10-5-3-4-6-10/h10-12H,2-9H2,1H3,(H,15,19)(H,17,18). The summed E-state index contributed by atoms with van der Waals surface area (Å²) in [5.41, 5.74) is 0. The Kier molecular flexibility index (Phi) is 4.80. The molecule has 0 saturated heterocycles. The summed E-state index contributed by atoms with van der Waals surface area (Å²) in [5.74, 6) is -0.345. The molecule has 108 valence electrons. The van der Waals surface area contributed by atoms with Crippen molar-refractivity contribution < 1.29 is 14.7 Å². The molecule has 0 radical (unpaired) electrons. The van der Waals surface area contributed by atoms with Crippen LogP contribution < -0.4 is 5.32 Å². The Labute approximate surface area is 114 Å². The number of carboxylic acids is 1. The molecule has 0 atom stereocenters. The van der Waals surface area contributed by atoms with Gasteiger partial charge in [0.15, 0.2) is 0 Å². The molecule has 0 aromatic rings. The molecule has 0 aromatic heterocycles. The van der Waals surface area contributed by atoms with Crippen LogP contribution in [0.4, 0.5) is 0 Å². The van der Waals surface area contributed by atoms with E-state index in [-0.39, 0.29) is 24.4 Å². The average Bonchev–Trinajstić information content (AvgIpc) is 2.83. The molecule has 2 rings (SSSR count). The smallest absolute Gasteiger partial charge is 0.317 e. The molecule has 2 N–H and O–H groups in total. The minimum Gasteiger partial charge on any atom is -0.480 e. The van der Waals surface area contributed by atoms with Crippen LogP contribution in [0, 0.1) is 5.92 Å². The van der Waals surface area contributed by atoms with E-state index in [1.165, 1.54) is 12.8 Å². The SMILES string of the molecule is CCN(CC(=O)O)C1CC(NC(=O)C2CCCC2)C1. The second kappa shape index (κ2) is 6.37. The average molecular weight is 268 g/mol. The lowest BCUT2D eigenvalue weighted by Gasteiger charge is -2.42. The van der Waals surface area contributed by atoms with Gasteiger partial charge in [0.25, 0.3) is 0 Å². The van der Waals surface area contributed by atoms with Crippen molar-refractivity contribution in [3.63, 3.8) is 0 Å². The maximum Gasteiger partial charge on any atom is 0.317 e. The number of carbonyl (C=O) groups is 2. The molecule has 2 aliphatic rings. The lowest BCUT2D eigenvalue weighted by atomic mass is 9.85. The highest BCUT2D eigenvalue weighted by atomic mass is 16.4. The summed E-state index contributed by atoms with van der Waals surface area (Å²) < 4.78 is 0. The van der Waals surface area contributed by atoms with Gasteiger partial charge in [-0.3, -0.25) is 14.5 Å². The number of rotatable bonds is 6. The normalized spacial score (nSPS) is 27.3. The Morgan fingerprint density at radius 2 is 1.89 bits per heavy atom. The molecule has 5 heteroatoms. The molecule has 1 amide bonds. The fraction of sp³-hybridized carbons (Fsp3) is 0.857. The molecule has 19 heavy (non-hydrogen) atoms. The maximum absolute atomic E-state index is 12.0. The minimum absolute atomic E-state index is 0.102. The number of likely N-dealkylation sites (N-methyl/N-ethyl adjacent to an activating group) is 1. The number of amides is 1. The number of carbonyl (C=O) groups excluding carboxylic acids is 1. The molecule has 2 saturated carbocycles. The van der Waals surface area contributed by atoms with Crippen LogP contribution in [-0.4, -0.2) is 47.1 Å². The van der Waals surface area contributed by atoms with Gasteiger partial charge in [0.1, 0.15) is 0 Å². The van der Waals surface area contributed by atoms with Gasteiger partial charge >= 0.3 is 5.97 Å².